The molecule has 7 nitrogen and oxygen atoms in total. The largest absolute Gasteiger partial charge is 0.490 e. The SMILES string of the molecule is CC(C)(C)C(=O)N1CCOc2ccc(NC(=O)CCn3cnc4ccccc43)cc21. The van der Waals surface area contributed by atoms with Gasteiger partial charge in [-0.15, -0.1) is 0 Å². The molecular formula is C23H26N4O3. The number of carbonyl (C=O) groups is 2. The third kappa shape index (κ3) is 4.01. The van der Waals surface area contributed by atoms with Crippen LogP contribution < -0.4 is 15.0 Å². The zero-order chi connectivity index (χ0) is 21.3. The van der Waals surface area contributed by atoms with Gasteiger partial charge in [0.05, 0.1) is 29.6 Å². The van der Waals surface area contributed by atoms with E-state index in [2.05, 4.69) is 10.3 Å². The van der Waals surface area contributed by atoms with Crippen molar-refractivity contribution in [1.29, 1.82) is 0 Å². The van der Waals surface area contributed by atoms with Crippen LogP contribution in [0.25, 0.3) is 11.0 Å². The van der Waals surface area contributed by atoms with E-state index >= 15 is 0 Å². The fourth-order valence-electron chi connectivity index (χ4n) is 3.55. The second-order valence-corrected chi connectivity index (χ2v) is 8.46. The number of para-hydroxylation sites is 2. The molecule has 0 radical (unpaired) electrons. The van der Waals surface area contributed by atoms with Crippen LogP contribution in [0.3, 0.4) is 0 Å². The van der Waals surface area contributed by atoms with E-state index in [1.54, 1.807) is 23.4 Å². The molecule has 3 aromatic rings. The normalized spacial score (nSPS) is 13.6. The Bertz CT molecular complexity index is 1100. The molecule has 0 saturated carbocycles. The van der Waals surface area contributed by atoms with Crippen LogP contribution in [0.4, 0.5) is 11.4 Å². The van der Waals surface area contributed by atoms with Crippen LogP contribution in [0.15, 0.2) is 48.8 Å². The molecule has 4 rings (SSSR count). The lowest BCUT2D eigenvalue weighted by atomic mass is 9.94. The minimum Gasteiger partial charge on any atom is -0.490 e. The van der Waals surface area contributed by atoms with Gasteiger partial charge in [-0.05, 0) is 30.3 Å². The molecule has 1 aliphatic rings. The van der Waals surface area contributed by atoms with Gasteiger partial charge in [0.25, 0.3) is 0 Å². The molecule has 0 aliphatic carbocycles. The van der Waals surface area contributed by atoms with Gasteiger partial charge in [0.15, 0.2) is 0 Å². The molecule has 30 heavy (non-hydrogen) atoms. The van der Waals surface area contributed by atoms with E-state index in [0.717, 1.165) is 11.0 Å². The number of fused-ring (bicyclic) bond motifs is 2. The first kappa shape index (κ1) is 19.9. The lowest BCUT2D eigenvalue weighted by Gasteiger charge is -2.34. The van der Waals surface area contributed by atoms with E-state index in [9.17, 15) is 9.59 Å². The lowest BCUT2D eigenvalue weighted by Crippen LogP contribution is -2.44. The third-order valence-electron chi connectivity index (χ3n) is 5.10. The molecular weight excluding hydrogens is 380 g/mol. The summed E-state index contributed by atoms with van der Waals surface area (Å²) in [5, 5.41) is 2.93. The molecule has 0 bridgehead atoms. The number of nitrogens with zero attached hydrogens (tertiary/aromatic N) is 3. The molecule has 0 saturated heterocycles. The van der Waals surface area contributed by atoms with E-state index < -0.39 is 5.41 Å². The van der Waals surface area contributed by atoms with Crippen molar-refractivity contribution in [2.75, 3.05) is 23.4 Å². The Labute approximate surface area is 175 Å². The molecule has 0 spiro atoms. The second kappa shape index (κ2) is 7.82. The minimum absolute atomic E-state index is 0.0301. The quantitative estimate of drug-likeness (QED) is 0.714. The molecule has 0 fully saturated rings. The number of hydrogen-bond acceptors (Lipinski definition) is 4. The average Bonchev–Trinajstić information content (AvgIpc) is 3.14. The molecule has 1 N–H and O–H groups in total. The summed E-state index contributed by atoms with van der Waals surface area (Å²) in [4.78, 5) is 31.5. The summed E-state index contributed by atoms with van der Waals surface area (Å²) in [6.45, 7) is 7.18. The number of benzene rings is 2. The first-order chi connectivity index (χ1) is 14.3. The van der Waals surface area contributed by atoms with Crippen molar-refractivity contribution in [3.63, 3.8) is 0 Å². The van der Waals surface area contributed by atoms with Gasteiger partial charge < -0.3 is 19.5 Å². The van der Waals surface area contributed by atoms with Gasteiger partial charge in [0.1, 0.15) is 12.4 Å². The topological polar surface area (TPSA) is 76.5 Å². The fraction of sp³-hybridized carbons (Fsp3) is 0.348. The van der Waals surface area contributed by atoms with Crippen molar-refractivity contribution >= 4 is 34.2 Å². The molecule has 2 amide bonds. The van der Waals surface area contributed by atoms with Crippen molar-refractivity contribution in [2.45, 2.75) is 33.7 Å². The Balaban J connectivity index is 1.46. The smallest absolute Gasteiger partial charge is 0.232 e. The van der Waals surface area contributed by atoms with Crippen molar-refractivity contribution in [1.82, 2.24) is 9.55 Å². The Kier molecular flexibility index (Phi) is 5.20. The summed E-state index contributed by atoms with van der Waals surface area (Å²) in [5.41, 5.74) is 2.76. The molecule has 2 aromatic carbocycles. The average molecular weight is 406 g/mol. The molecule has 1 aromatic heterocycles. The number of hydrogen-bond donors (Lipinski definition) is 1. The van der Waals surface area contributed by atoms with Crippen molar-refractivity contribution < 1.29 is 14.3 Å². The van der Waals surface area contributed by atoms with Crippen LogP contribution in [0.1, 0.15) is 27.2 Å². The standard InChI is InChI=1S/C23H26N4O3/c1-23(2,3)22(29)27-12-13-30-20-9-8-16(14-19(20)27)25-21(28)10-11-26-15-24-17-6-4-5-7-18(17)26/h4-9,14-15H,10-13H2,1-3H3,(H,25,28). The second-order valence-electron chi connectivity index (χ2n) is 8.46. The van der Waals surface area contributed by atoms with Crippen molar-refractivity contribution in [3.8, 4) is 5.75 Å². The summed E-state index contributed by atoms with van der Waals surface area (Å²) in [6.07, 6.45) is 2.07. The molecule has 7 heteroatoms. The highest BCUT2D eigenvalue weighted by Crippen LogP contribution is 2.36. The zero-order valence-electron chi connectivity index (χ0n) is 17.5. The lowest BCUT2D eigenvalue weighted by molar-refractivity contribution is -0.126. The fourth-order valence-corrected chi connectivity index (χ4v) is 3.55. The van der Waals surface area contributed by atoms with Gasteiger partial charge in [-0.25, -0.2) is 4.98 Å². The predicted molar refractivity (Wildman–Crippen MR) is 117 cm³/mol. The van der Waals surface area contributed by atoms with Crippen LogP contribution in [0.2, 0.25) is 0 Å². The first-order valence-corrected chi connectivity index (χ1v) is 10.1. The monoisotopic (exact) mass is 406 g/mol. The van der Waals surface area contributed by atoms with Crippen LogP contribution in [0, 0.1) is 5.41 Å². The number of aromatic nitrogens is 2. The summed E-state index contributed by atoms with van der Waals surface area (Å²) in [7, 11) is 0. The van der Waals surface area contributed by atoms with Gasteiger partial charge in [0.2, 0.25) is 11.8 Å². The van der Waals surface area contributed by atoms with Gasteiger partial charge in [-0.3, -0.25) is 9.59 Å². The number of carbonyl (C=O) groups excluding carboxylic acids is 2. The van der Waals surface area contributed by atoms with E-state index in [1.165, 1.54) is 0 Å². The Morgan fingerprint density at radius 3 is 2.77 bits per heavy atom. The maximum Gasteiger partial charge on any atom is 0.232 e. The van der Waals surface area contributed by atoms with Crippen LogP contribution in [-0.4, -0.2) is 34.5 Å². The number of amides is 2. The Hall–Kier alpha value is -3.35. The van der Waals surface area contributed by atoms with Crippen molar-refractivity contribution in [3.05, 3.63) is 48.8 Å². The maximum atomic E-state index is 12.8. The Morgan fingerprint density at radius 1 is 1.17 bits per heavy atom. The molecule has 0 atom stereocenters. The number of imidazole rings is 1. The third-order valence-corrected chi connectivity index (χ3v) is 5.10. The zero-order valence-corrected chi connectivity index (χ0v) is 17.5. The van der Waals surface area contributed by atoms with E-state index in [0.29, 0.717) is 43.2 Å². The van der Waals surface area contributed by atoms with Gasteiger partial charge >= 0.3 is 0 Å². The number of aryl methyl sites for hydroxylation is 1. The summed E-state index contributed by atoms with van der Waals surface area (Å²) in [6, 6.07) is 13.3. The van der Waals surface area contributed by atoms with Crippen molar-refractivity contribution in [2.24, 2.45) is 5.41 Å². The highest BCUT2D eigenvalue weighted by atomic mass is 16.5. The van der Waals surface area contributed by atoms with Crippen LogP contribution >= 0.6 is 0 Å². The Morgan fingerprint density at radius 2 is 1.97 bits per heavy atom. The van der Waals surface area contributed by atoms with E-state index in [-0.39, 0.29) is 11.8 Å². The number of ether oxygens (including phenoxy) is 1. The van der Waals surface area contributed by atoms with Crippen LogP contribution in [-0.2, 0) is 16.1 Å². The van der Waals surface area contributed by atoms with Gasteiger partial charge in [-0.1, -0.05) is 32.9 Å². The molecule has 156 valence electrons. The number of anilines is 2. The summed E-state index contributed by atoms with van der Waals surface area (Å²) < 4.78 is 7.67. The highest BCUT2D eigenvalue weighted by Gasteiger charge is 2.32. The summed E-state index contributed by atoms with van der Waals surface area (Å²) in [5.74, 6) is 0.586. The predicted octanol–water partition coefficient (Wildman–Crippen LogP) is 3.84. The summed E-state index contributed by atoms with van der Waals surface area (Å²) >= 11 is 0. The molecule has 0 unspecified atom stereocenters. The van der Waals surface area contributed by atoms with E-state index in [4.69, 9.17) is 4.74 Å². The highest BCUT2D eigenvalue weighted by molar-refractivity contribution is 6.00. The van der Waals surface area contributed by atoms with Gasteiger partial charge in [-0.2, -0.15) is 0 Å². The number of nitrogens with one attached hydrogen (secondary N) is 1. The maximum absolute atomic E-state index is 12.8. The number of rotatable bonds is 4. The first-order valence-electron chi connectivity index (χ1n) is 10.1. The van der Waals surface area contributed by atoms with Gasteiger partial charge in [0, 0.05) is 24.1 Å². The van der Waals surface area contributed by atoms with E-state index in [1.807, 2.05) is 55.7 Å². The minimum atomic E-state index is -0.499. The van der Waals surface area contributed by atoms with Crippen LogP contribution in [0.5, 0.6) is 5.75 Å². The molecule has 1 aliphatic heterocycles. The molecule has 2 heterocycles.